The third kappa shape index (κ3) is 2.79. The van der Waals surface area contributed by atoms with Gasteiger partial charge in [0.25, 0.3) is 0 Å². The lowest BCUT2D eigenvalue weighted by atomic mass is 9.97. The predicted molar refractivity (Wildman–Crippen MR) is 76.3 cm³/mol. The summed E-state index contributed by atoms with van der Waals surface area (Å²) in [7, 11) is 0. The molecule has 1 atom stereocenters. The van der Waals surface area contributed by atoms with Crippen molar-refractivity contribution in [2.75, 3.05) is 5.32 Å². The summed E-state index contributed by atoms with van der Waals surface area (Å²) in [5.74, 6) is -1.51. The lowest BCUT2D eigenvalue weighted by Gasteiger charge is -2.19. The standard InChI is InChI=1S/C16H16FNO2/c1-10-6-5-7-12(11(10)2)15(16(19)20)18-14-9-4-3-8-13(14)17/h3-9,15,18H,1-2H3,(H,19,20). The molecule has 0 amide bonds. The van der Waals surface area contributed by atoms with E-state index >= 15 is 0 Å². The lowest BCUT2D eigenvalue weighted by Crippen LogP contribution is -2.22. The molecule has 1 unspecified atom stereocenters. The highest BCUT2D eigenvalue weighted by atomic mass is 19.1. The van der Waals surface area contributed by atoms with Gasteiger partial charge in [-0.15, -0.1) is 0 Å². The Labute approximate surface area is 117 Å². The number of rotatable bonds is 4. The van der Waals surface area contributed by atoms with Crippen molar-refractivity contribution in [2.24, 2.45) is 0 Å². The van der Waals surface area contributed by atoms with Gasteiger partial charge in [-0.1, -0.05) is 30.3 Å². The van der Waals surface area contributed by atoms with Gasteiger partial charge in [0, 0.05) is 0 Å². The van der Waals surface area contributed by atoms with E-state index in [0.717, 1.165) is 11.1 Å². The van der Waals surface area contributed by atoms with Crippen molar-refractivity contribution in [1.82, 2.24) is 0 Å². The molecule has 2 N–H and O–H groups in total. The van der Waals surface area contributed by atoms with Crippen LogP contribution in [0.5, 0.6) is 0 Å². The monoisotopic (exact) mass is 273 g/mol. The number of aryl methyl sites for hydroxylation is 1. The van der Waals surface area contributed by atoms with Crippen LogP contribution in [0, 0.1) is 19.7 Å². The second kappa shape index (κ2) is 5.74. The number of hydrogen-bond acceptors (Lipinski definition) is 2. The molecule has 0 fully saturated rings. The number of para-hydroxylation sites is 1. The quantitative estimate of drug-likeness (QED) is 0.893. The average Bonchev–Trinajstić information content (AvgIpc) is 2.41. The Balaban J connectivity index is 2.40. The van der Waals surface area contributed by atoms with Gasteiger partial charge in [-0.3, -0.25) is 0 Å². The molecular weight excluding hydrogens is 257 g/mol. The predicted octanol–water partition coefficient (Wildman–Crippen LogP) is 3.68. The molecule has 0 aliphatic carbocycles. The first-order chi connectivity index (χ1) is 9.50. The molecule has 0 heterocycles. The van der Waals surface area contributed by atoms with Crippen LogP contribution in [0.25, 0.3) is 0 Å². The fraction of sp³-hybridized carbons (Fsp3) is 0.188. The summed E-state index contributed by atoms with van der Waals surface area (Å²) in [6.07, 6.45) is 0. The van der Waals surface area contributed by atoms with Crippen molar-refractivity contribution in [3.63, 3.8) is 0 Å². The highest BCUT2D eigenvalue weighted by Crippen LogP contribution is 2.25. The molecule has 0 bridgehead atoms. The minimum Gasteiger partial charge on any atom is -0.479 e. The first-order valence-electron chi connectivity index (χ1n) is 6.30. The normalized spacial score (nSPS) is 11.9. The van der Waals surface area contributed by atoms with Gasteiger partial charge in [-0.05, 0) is 42.7 Å². The number of carbonyl (C=O) groups is 1. The molecular formula is C16H16FNO2. The Hall–Kier alpha value is -2.36. The minimum absolute atomic E-state index is 0.181. The van der Waals surface area contributed by atoms with Crippen molar-refractivity contribution in [3.8, 4) is 0 Å². The first kappa shape index (κ1) is 14.1. The van der Waals surface area contributed by atoms with Crippen LogP contribution in [0.3, 0.4) is 0 Å². The maximum absolute atomic E-state index is 13.7. The Morgan fingerprint density at radius 1 is 1.15 bits per heavy atom. The van der Waals surface area contributed by atoms with Crippen LogP contribution in [0.15, 0.2) is 42.5 Å². The first-order valence-corrected chi connectivity index (χ1v) is 6.30. The molecule has 0 radical (unpaired) electrons. The number of carboxylic acids is 1. The Morgan fingerprint density at radius 2 is 1.85 bits per heavy atom. The zero-order valence-corrected chi connectivity index (χ0v) is 11.4. The van der Waals surface area contributed by atoms with E-state index in [0.29, 0.717) is 5.56 Å². The molecule has 20 heavy (non-hydrogen) atoms. The molecule has 2 rings (SSSR count). The molecule has 0 aliphatic rings. The molecule has 0 aliphatic heterocycles. The fourth-order valence-corrected chi connectivity index (χ4v) is 2.09. The molecule has 0 spiro atoms. The second-order valence-electron chi connectivity index (χ2n) is 4.68. The average molecular weight is 273 g/mol. The van der Waals surface area contributed by atoms with Gasteiger partial charge in [0.05, 0.1) is 5.69 Å². The number of anilines is 1. The smallest absolute Gasteiger partial charge is 0.330 e. The van der Waals surface area contributed by atoms with Crippen LogP contribution >= 0.6 is 0 Å². The molecule has 4 heteroatoms. The van der Waals surface area contributed by atoms with Crippen LogP contribution in [0.2, 0.25) is 0 Å². The van der Waals surface area contributed by atoms with Gasteiger partial charge < -0.3 is 10.4 Å². The van der Waals surface area contributed by atoms with Crippen molar-refractivity contribution in [2.45, 2.75) is 19.9 Å². The topological polar surface area (TPSA) is 49.3 Å². The van der Waals surface area contributed by atoms with Gasteiger partial charge in [0.15, 0.2) is 6.04 Å². The Morgan fingerprint density at radius 3 is 2.50 bits per heavy atom. The number of nitrogens with one attached hydrogen (secondary N) is 1. The van der Waals surface area contributed by atoms with E-state index in [1.165, 1.54) is 12.1 Å². The van der Waals surface area contributed by atoms with Gasteiger partial charge in [-0.25, -0.2) is 9.18 Å². The summed E-state index contributed by atoms with van der Waals surface area (Å²) in [6, 6.07) is 10.5. The van der Waals surface area contributed by atoms with E-state index < -0.39 is 17.8 Å². The maximum atomic E-state index is 13.7. The van der Waals surface area contributed by atoms with Crippen molar-refractivity contribution < 1.29 is 14.3 Å². The number of aliphatic carboxylic acids is 1. The van der Waals surface area contributed by atoms with Gasteiger partial charge in [0.1, 0.15) is 5.82 Å². The van der Waals surface area contributed by atoms with Gasteiger partial charge >= 0.3 is 5.97 Å². The van der Waals surface area contributed by atoms with Crippen molar-refractivity contribution in [1.29, 1.82) is 0 Å². The zero-order valence-electron chi connectivity index (χ0n) is 11.4. The van der Waals surface area contributed by atoms with Gasteiger partial charge in [0.2, 0.25) is 0 Å². The summed E-state index contributed by atoms with van der Waals surface area (Å²) >= 11 is 0. The van der Waals surface area contributed by atoms with Gasteiger partial charge in [-0.2, -0.15) is 0 Å². The molecule has 2 aromatic carbocycles. The summed E-state index contributed by atoms with van der Waals surface area (Å²) in [5.41, 5.74) is 2.72. The number of carboxylic acid groups (broad SMARTS) is 1. The summed E-state index contributed by atoms with van der Waals surface area (Å²) < 4.78 is 13.7. The zero-order chi connectivity index (χ0) is 14.7. The van der Waals surface area contributed by atoms with Crippen LogP contribution in [-0.4, -0.2) is 11.1 Å². The highest BCUT2D eigenvalue weighted by molar-refractivity contribution is 5.80. The van der Waals surface area contributed by atoms with Crippen LogP contribution in [0.1, 0.15) is 22.7 Å². The Kier molecular flexibility index (Phi) is 4.03. The maximum Gasteiger partial charge on any atom is 0.330 e. The SMILES string of the molecule is Cc1cccc(C(Nc2ccccc2F)C(=O)O)c1C. The van der Waals surface area contributed by atoms with Crippen molar-refractivity contribution >= 4 is 11.7 Å². The Bertz CT molecular complexity index is 640. The summed E-state index contributed by atoms with van der Waals surface area (Å²) in [4.78, 5) is 11.5. The largest absolute Gasteiger partial charge is 0.479 e. The number of benzene rings is 2. The molecule has 0 saturated carbocycles. The molecule has 0 aromatic heterocycles. The number of hydrogen-bond donors (Lipinski definition) is 2. The second-order valence-corrected chi connectivity index (χ2v) is 4.68. The van der Waals surface area contributed by atoms with Crippen LogP contribution in [0.4, 0.5) is 10.1 Å². The van der Waals surface area contributed by atoms with E-state index in [2.05, 4.69) is 5.32 Å². The summed E-state index contributed by atoms with van der Waals surface area (Å²) in [6.45, 7) is 3.78. The molecule has 3 nitrogen and oxygen atoms in total. The lowest BCUT2D eigenvalue weighted by molar-refractivity contribution is -0.138. The molecule has 0 saturated heterocycles. The minimum atomic E-state index is -1.04. The van der Waals surface area contributed by atoms with Crippen molar-refractivity contribution in [3.05, 3.63) is 65.0 Å². The van der Waals surface area contributed by atoms with E-state index in [4.69, 9.17) is 0 Å². The van der Waals surface area contributed by atoms with E-state index in [9.17, 15) is 14.3 Å². The third-order valence-corrected chi connectivity index (χ3v) is 3.38. The van der Waals surface area contributed by atoms with E-state index in [-0.39, 0.29) is 5.69 Å². The molecule has 104 valence electrons. The third-order valence-electron chi connectivity index (χ3n) is 3.38. The fourth-order valence-electron chi connectivity index (χ4n) is 2.09. The number of halogens is 1. The van der Waals surface area contributed by atoms with Crippen LogP contribution in [-0.2, 0) is 4.79 Å². The van der Waals surface area contributed by atoms with Crippen LogP contribution < -0.4 is 5.32 Å². The van der Waals surface area contributed by atoms with E-state index in [1.807, 2.05) is 19.9 Å². The molecule has 2 aromatic rings. The highest BCUT2D eigenvalue weighted by Gasteiger charge is 2.22. The van der Waals surface area contributed by atoms with E-state index in [1.54, 1.807) is 24.3 Å². The summed E-state index contributed by atoms with van der Waals surface area (Å²) in [5, 5.41) is 12.2.